The van der Waals surface area contributed by atoms with Crippen molar-refractivity contribution < 1.29 is 4.42 Å². The predicted molar refractivity (Wildman–Crippen MR) is 61.2 cm³/mol. The Bertz CT molecular complexity index is 313. The van der Waals surface area contributed by atoms with Gasteiger partial charge in [0.2, 0.25) is 0 Å². The Balaban J connectivity index is 1.84. The van der Waals surface area contributed by atoms with Crippen LogP contribution in [0.1, 0.15) is 17.1 Å². The maximum atomic E-state index is 5.66. The molecule has 15 heavy (non-hydrogen) atoms. The number of piperazine rings is 1. The molecule has 1 saturated heterocycles. The third-order valence-electron chi connectivity index (χ3n) is 3.01. The highest BCUT2D eigenvalue weighted by Gasteiger charge is 2.11. The molecule has 0 atom stereocenters. The molecule has 3 heteroatoms. The average Bonchev–Trinajstić information content (AvgIpc) is 2.56. The number of nitrogens with zero attached hydrogens (tertiary/aromatic N) is 1. The molecule has 0 saturated carbocycles. The van der Waals surface area contributed by atoms with Crippen molar-refractivity contribution >= 4 is 0 Å². The van der Waals surface area contributed by atoms with Gasteiger partial charge < -0.3 is 14.6 Å². The maximum Gasteiger partial charge on any atom is 0.108 e. The predicted octanol–water partition coefficient (Wildman–Crippen LogP) is 1.34. The molecule has 2 rings (SSSR count). The highest BCUT2D eigenvalue weighted by atomic mass is 16.3. The molecule has 3 nitrogen and oxygen atoms in total. The average molecular weight is 208 g/mol. The highest BCUT2D eigenvalue weighted by Crippen LogP contribution is 2.14. The lowest BCUT2D eigenvalue weighted by molar-refractivity contribution is 0.238. The van der Waals surface area contributed by atoms with Crippen molar-refractivity contribution in [1.82, 2.24) is 10.2 Å². The quantitative estimate of drug-likeness (QED) is 0.812. The van der Waals surface area contributed by atoms with Gasteiger partial charge in [-0.2, -0.15) is 0 Å². The molecule has 2 heterocycles. The van der Waals surface area contributed by atoms with Crippen molar-refractivity contribution in [2.24, 2.45) is 0 Å². The molecule has 1 aliphatic heterocycles. The number of hydrogen-bond donors (Lipinski definition) is 1. The van der Waals surface area contributed by atoms with Gasteiger partial charge in [0.25, 0.3) is 0 Å². The smallest absolute Gasteiger partial charge is 0.108 e. The van der Waals surface area contributed by atoms with E-state index < -0.39 is 0 Å². The zero-order valence-corrected chi connectivity index (χ0v) is 9.68. The van der Waals surface area contributed by atoms with Crippen LogP contribution in [0, 0.1) is 13.8 Å². The molecule has 1 fully saturated rings. The lowest BCUT2D eigenvalue weighted by Gasteiger charge is -2.26. The fraction of sp³-hybridized carbons (Fsp3) is 0.667. The first-order valence-corrected chi connectivity index (χ1v) is 5.74. The second-order valence-electron chi connectivity index (χ2n) is 4.30. The molecule has 1 aliphatic rings. The molecule has 0 unspecified atom stereocenters. The summed E-state index contributed by atoms with van der Waals surface area (Å²) in [6.07, 6.45) is 1.04. The highest BCUT2D eigenvalue weighted by molar-refractivity contribution is 5.19. The molecule has 1 aromatic heterocycles. The van der Waals surface area contributed by atoms with Crippen LogP contribution in [0.3, 0.4) is 0 Å². The van der Waals surface area contributed by atoms with Crippen molar-refractivity contribution in [2.75, 3.05) is 32.7 Å². The molecule has 0 bridgehead atoms. The number of hydrogen-bond acceptors (Lipinski definition) is 3. The summed E-state index contributed by atoms with van der Waals surface area (Å²) in [6.45, 7) is 9.84. The van der Waals surface area contributed by atoms with Crippen molar-refractivity contribution in [3.8, 4) is 0 Å². The summed E-state index contributed by atoms with van der Waals surface area (Å²) in [7, 11) is 0. The van der Waals surface area contributed by atoms with Gasteiger partial charge in [-0.3, -0.25) is 0 Å². The Morgan fingerprint density at radius 2 is 2.07 bits per heavy atom. The van der Waals surface area contributed by atoms with Gasteiger partial charge in [0, 0.05) is 39.1 Å². The monoisotopic (exact) mass is 208 g/mol. The van der Waals surface area contributed by atoms with Crippen LogP contribution in [0.5, 0.6) is 0 Å². The van der Waals surface area contributed by atoms with E-state index in [9.17, 15) is 0 Å². The van der Waals surface area contributed by atoms with Crippen LogP contribution in [-0.2, 0) is 6.42 Å². The summed E-state index contributed by atoms with van der Waals surface area (Å²) in [6, 6.07) is 2.12. The first-order chi connectivity index (χ1) is 7.25. The third-order valence-corrected chi connectivity index (χ3v) is 3.01. The topological polar surface area (TPSA) is 28.4 Å². The minimum Gasteiger partial charge on any atom is -0.466 e. The molecule has 0 amide bonds. The standard InChI is InChI=1S/C12H20N2O/c1-10-9-11(2)15-12(10)3-6-14-7-4-13-5-8-14/h9,13H,3-8H2,1-2H3. The van der Waals surface area contributed by atoms with E-state index in [-0.39, 0.29) is 0 Å². The van der Waals surface area contributed by atoms with Crippen molar-refractivity contribution in [1.29, 1.82) is 0 Å². The molecule has 0 aromatic carbocycles. The van der Waals surface area contributed by atoms with Crippen LogP contribution in [0.15, 0.2) is 10.5 Å². The first-order valence-electron chi connectivity index (χ1n) is 5.74. The zero-order chi connectivity index (χ0) is 10.7. The lowest BCUT2D eigenvalue weighted by atomic mass is 10.2. The Hall–Kier alpha value is -0.800. The van der Waals surface area contributed by atoms with Crippen LogP contribution in [-0.4, -0.2) is 37.6 Å². The molecular formula is C12H20N2O. The molecule has 1 N–H and O–H groups in total. The Morgan fingerprint density at radius 1 is 1.33 bits per heavy atom. The number of furan rings is 1. The normalized spacial score (nSPS) is 18.3. The second kappa shape index (κ2) is 4.81. The third kappa shape index (κ3) is 2.83. The summed E-state index contributed by atoms with van der Waals surface area (Å²) < 4.78 is 5.66. The minimum atomic E-state index is 1.03. The van der Waals surface area contributed by atoms with Gasteiger partial charge in [0.15, 0.2) is 0 Å². The summed E-state index contributed by atoms with van der Waals surface area (Å²) >= 11 is 0. The van der Waals surface area contributed by atoms with E-state index in [2.05, 4.69) is 23.2 Å². The van der Waals surface area contributed by atoms with Gasteiger partial charge in [-0.25, -0.2) is 0 Å². The van der Waals surface area contributed by atoms with E-state index in [1.165, 1.54) is 18.7 Å². The van der Waals surface area contributed by atoms with Crippen molar-refractivity contribution in [3.05, 3.63) is 23.2 Å². The van der Waals surface area contributed by atoms with Gasteiger partial charge in [-0.15, -0.1) is 0 Å². The van der Waals surface area contributed by atoms with Gasteiger partial charge >= 0.3 is 0 Å². The minimum absolute atomic E-state index is 1.03. The number of aryl methyl sites for hydroxylation is 2. The largest absolute Gasteiger partial charge is 0.466 e. The van der Waals surface area contributed by atoms with Crippen LogP contribution < -0.4 is 5.32 Å². The Morgan fingerprint density at radius 3 is 2.67 bits per heavy atom. The summed E-state index contributed by atoms with van der Waals surface area (Å²) in [5.74, 6) is 2.19. The lowest BCUT2D eigenvalue weighted by Crippen LogP contribution is -2.44. The van der Waals surface area contributed by atoms with Gasteiger partial charge in [-0.05, 0) is 25.5 Å². The first kappa shape index (κ1) is 10.7. The molecule has 0 spiro atoms. The van der Waals surface area contributed by atoms with E-state index in [0.29, 0.717) is 0 Å². The second-order valence-corrected chi connectivity index (χ2v) is 4.30. The summed E-state index contributed by atoms with van der Waals surface area (Å²) in [4.78, 5) is 2.49. The van der Waals surface area contributed by atoms with E-state index in [4.69, 9.17) is 4.42 Å². The van der Waals surface area contributed by atoms with Crippen LogP contribution in [0.25, 0.3) is 0 Å². The van der Waals surface area contributed by atoms with E-state index in [1.807, 2.05) is 6.92 Å². The van der Waals surface area contributed by atoms with Gasteiger partial charge in [0.1, 0.15) is 11.5 Å². The van der Waals surface area contributed by atoms with Crippen LogP contribution in [0.4, 0.5) is 0 Å². The van der Waals surface area contributed by atoms with E-state index in [0.717, 1.165) is 37.6 Å². The Kier molecular flexibility index (Phi) is 3.44. The summed E-state index contributed by atoms with van der Waals surface area (Å²) in [5.41, 5.74) is 1.29. The van der Waals surface area contributed by atoms with Gasteiger partial charge in [0.05, 0.1) is 0 Å². The van der Waals surface area contributed by atoms with Crippen molar-refractivity contribution in [3.63, 3.8) is 0 Å². The maximum absolute atomic E-state index is 5.66. The van der Waals surface area contributed by atoms with E-state index >= 15 is 0 Å². The fourth-order valence-corrected chi connectivity index (χ4v) is 2.13. The molecule has 84 valence electrons. The van der Waals surface area contributed by atoms with Crippen molar-refractivity contribution in [2.45, 2.75) is 20.3 Å². The van der Waals surface area contributed by atoms with Gasteiger partial charge in [-0.1, -0.05) is 0 Å². The SMILES string of the molecule is Cc1cc(C)c(CCN2CCNCC2)o1. The zero-order valence-electron chi connectivity index (χ0n) is 9.68. The fourth-order valence-electron chi connectivity index (χ4n) is 2.13. The molecule has 0 radical (unpaired) electrons. The van der Waals surface area contributed by atoms with E-state index in [1.54, 1.807) is 0 Å². The molecular weight excluding hydrogens is 188 g/mol. The summed E-state index contributed by atoms with van der Waals surface area (Å²) in [5, 5.41) is 3.36. The molecule has 1 aromatic rings. The molecule has 0 aliphatic carbocycles. The van der Waals surface area contributed by atoms with Crippen LogP contribution in [0.2, 0.25) is 0 Å². The van der Waals surface area contributed by atoms with Crippen LogP contribution >= 0.6 is 0 Å². The number of nitrogens with one attached hydrogen (secondary N) is 1. The number of rotatable bonds is 3. The Labute approximate surface area is 91.4 Å².